The first kappa shape index (κ1) is 63.2. The fraction of sp³-hybridized carbons (Fsp3) is 0.440. The summed E-state index contributed by atoms with van der Waals surface area (Å²) in [5.74, 6) is -4.44. The van der Waals surface area contributed by atoms with Crippen LogP contribution in [0.2, 0.25) is 0 Å². The van der Waals surface area contributed by atoms with Gasteiger partial charge >= 0.3 is 64.5 Å². The first-order valence-corrected chi connectivity index (χ1v) is 28.9. The van der Waals surface area contributed by atoms with Crippen molar-refractivity contribution in [3.63, 3.8) is 0 Å². The van der Waals surface area contributed by atoms with Gasteiger partial charge in [0.15, 0.2) is 41.4 Å². The maximum atomic E-state index is 13.1. The molecule has 4 saturated heterocycles. The molecule has 0 radical (unpaired) electrons. The van der Waals surface area contributed by atoms with Crippen molar-refractivity contribution in [2.24, 2.45) is 35.5 Å². The van der Waals surface area contributed by atoms with Crippen LogP contribution in [0.15, 0.2) is 141 Å². The van der Waals surface area contributed by atoms with Crippen LogP contribution in [0.1, 0.15) is 51.4 Å². The van der Waals surface area contributed by atoms with Crippen LogP contribution < -0.4 is 46.5 Å². The number of alkyl halides is 6. The van der Waals surface area contributed by atoms with Crippen LogP contribution in [0.3, 0.4) is 0 Å². The zero-order valence-electron chi connectivity index (χ0n) is 40.4. The van der Waals surface area contributed by atoms with E-state index in [0.29, 0.717) is 57.1 Å². The molecule has 4 heterocycles. The summed E-state index contributed by atoms with van der Waals surface area (Å²) in [6.07, 6.45) is 3.60. The third-order valence-corrected chi connectivity index (χ3v) is 18.3. The molecule has 4 saturated carbocycles. The smallest absolute Gasteiger partial charge is 1.00 e. The number of esters is 4. The minimum Gasteiger partial charge on any atom is -1.00 e. The first-order valence-electron chi connectivity index (χ1n) is 23.3. The molecular formula is C50H50BrF6NaO14S4. The van der Waals surface area contributed by atoms with Gasteiger partial charge in [0.1, 0.15) is 56.2 Å². The second kappa shape index (κ2) is 27.0. The summed E-state index contributed by atoms with van der Waals surface area (Å²) >= 11 is 0. The molecular weight excluding hydrogens is 1170 g/mol. The Morgan fingerprint density at radius 1 is 0.500 bits per heavy atom. The summed E-state index contributed by atoms with van der Waals surface area (Å²) in [5.41, 5.74) is -8.49. The van der Waals surface area contributed by atoms with E-state index in [9.17, 15) is 71.5 Å². The van der Waals surface area contributed by atoms with Crippen LogP contribution in [0, 0.1) is 35.5 Å². The van der Waals surface area contributed by atoms with Crippen LogP contribution in [-0.2, 0) is 80.2 Å². The van der Waals surface area contributed by atoms with E-state index in [2.05, 4.69) is 0 Å². The van der Waals surface area contributed by atoms with Crippen molar-refractivity contribution in [2.75, 3.05) is 11.5 Å². The molecule has 4 aromatic carbocycles. The van der Waals surface area contributed by atoms with Crippen LogP contribution >= 0.6 is 0 Å². The fourth-order valence-corrected chi connectivity index (χ4v) is 14.6. The molecule has 0 spiro atoms. The summed E-state index contributed by atoms with van der Waals surface area (Å²) in [5, 5.41) is 0. The van der Waals surface area contributed by atoms with Gasteiger partial charge in [-0.2, -0.15) is 0 Å². The normalized spacial score (nSPS) is 25.9. The predicted molar refractivity (Wildman–Crippen MR) is 252 cm³/mol. The molecule has 0 N–H and O–H groups in total. The monoisotopic (exact) mass is 1220 g/mol. The van der Waals surface area contributed by atoms with Crippen molar-refractivity contribution in [3.05, 3.63) is 121 Å². The van der Waals surface area contributed by atoms with E-state index < -0.39 is 101 Å². The van der Waals surface area contributed by atoms with E-state index in [1.807, 2.05) is 0 Å². The van der Waals surface area contributed by atoms with Crippen molar-refractivity contribution in [1.29, 1.82) is 0 Å². The molecule has 12 rings (SSSR count). The van der Waals surface area contributed by atoms with Gasteiger partial charge in [-0.15, -0.1) is 26.3 Å². The van der Waals surface area contributed by atoms with E-state index in [1.165, 1.54) is 48.5 Å². The average molecular weight is 1220 g/mol. The van der Waals surface area contributed by atoms with Gasteiger partial charge in [-0.25, -0.2) is 16.8 Å². The van der Waals surface area contributed by atoms with Gasteiger partial charge in [-0.05, 0) is 112 Å². The second-order valence-corrected chi connectivity index (χ2v) is 25.4. The SMILES string of the molecule is FC(F)(F)[S+](c1ccccc1)c1ccccc1.FC(F)(F)[S+](c1ccccc1)c1ccccc1.O=C(CS(=O)(=O)[O-])OC1C2CC3CC(C2)C(=O)OC1C3.O=C(CS(=O)(=O)[O-])OC1C2CC3CC(C2)C(=O)OC1C3.[Br-].[Na+]. The van der Waals surface area contributed by atoms with Crippen molar-refractivity contribution in [2.45, 2.75) is 106 Å². The van der Waals surface area contributed by atoms with Gasteiger partial charge < -0.3 is 45.0 Å². The van der Waals surface area contributed by atoms with Crippen molar-refractivity contribution >= 4 is 65.9 Å². The largest absolute Gasteiger partial charge is 1.00 e. The number of carbonyl (C=O) groups is 4. The van der Waals surface area contributed by atoms with Crippen LogP contribution in [0.4, 0.5) is 26.3 Å². The van der Waals surface area contributed by atoms with E-state index >= 15 is 0 Å². The van der Waals surface area contributed by atoms with Crippen LogP contribution in [0.25, 0.3) is 0 Å². The molecule has 4 aliphatic carbocycles. The second-order valence-electron chi connectivity index (χ2n) is 18.6. The molecule has 408 valence electrons. The molecule has 10 atom stereocenters. The molecule has 8 fully saturated rings. The Labute approximate surface area is 474 Å². The maximum absolute atomic E-state index is 13.1. The molecule has 0 aromatic heterocycles. The number of ether oxygens (including phenoxy) is 4. The summed E-state index contributed by atoms with van der Waals surface area (Å²) in [4.78, 5) is 47.8. The maximum Gasteiger partial charge on any atom is 1.00 e. The molecule has 8 bridgehead atoms. The number of hydrogen-bond acceptors (Lipinski definition) is 14. The number of fused-ring (bicyclic) bond motifs is 2. The average Bonchev–Trinajstić information content (AvgIpc) is 3.58. The standard InChI is InChI=1S/2C13H10F3S.2C12H16O7S.BrH.Na/c2*14-13(15,16)17(11-7-3-1-4-8-11)12-9-5-2-6-10-12;2*13-10(5-20(15,16)17)19-11-7-1-6-2-8(4-7)12(14)18-9(11)3-6;;/h2*1-10H;2*6-9,11H,1-5H2,(H,15,16,17);1H;/q2*+1;;;;+1/p-3. The van der Waals surface area contributed by atoms with Gasteiger partial charge in [0, 0.05) is 11.8 Å². The minimum atomic E-state index is -4.65. The van der Waals surface area contributed by atoms with E-state index in [4.69, 9.17) is 18.9 Å². The molecule has 14 nitrogen and oxygen atoms in total. The molecule has 26 heteroatoms. The Hall–Kier alpha value is -3.66. The predicted octanol–water partition coefficient (Wildman–Crippen LogP) is 2.10. The van der Waals surface area contributed by atoms with Crippen molar-refractivity contribution in [1.82, 2.24) is 0 Å². The minimum absolute atomic E-state index is 0. The van der Waals surface area contributed by atoms with E-state index in [-0.39, 0.29) is 82.1 Å². The van der Waals surface area contributed by atoms with Gasteiger partial charge in [-0.1, -0.05) is 72.8 Å². The van der Waals surface area contributed by atoms with E-state index in [1.54, 1.807) is 72.8 Å². The van der Waals surface area contributed by atoms with E-state index in [0.717, 1.165) is 25.7 Å². The first-order chi connectivity index (χ1) is 34.8. The van der Waals surface area contributed by atoms with Crippen molar-refractivity contribution in [3.8, 4) is 0 Å². The van der Waals surface area contributed by atoms with Crippen LogP contribution in [0.5, 0.6) is 0 Å². The third-order valence-electron chi connectivity index (χ3n) is 13.2. The Balaban J connectivity index is 0.000000186. The number of rotatable bonds is 10. The molecule has 8 aliphatic rings. The molecule has 76 heavy (non-hydrogen) atoms. The summed E-state index contributed by atoms with van der Waals surface area (Å²) < 4.78 is 163. The number of halogens is 7. The van der Waals surface area contributed by atoms with Gasteiger partial charge in [0.05, 0.1) is 11.8 Å². The number of carbonyl (C=O) groups excluding carboxylic acids is 4. The summed E-state index contributed by atoms with van der Waals surface area (Å²) in [6.45, 7) is 0. The van der Waals surface area contributed by atoms with Gasteiger partial charge in [0.25, 0.3) is 0 Å². The topological polar surface area (TPSA) is 220 Å². The fourth-order valence-electron chi connectivity index (χ4n) is 10.6. The number of benzene rings is 4. The summed E-state index contributed by atoms with van der Waals surface area (Å²) in [6, 6.07) is 32.0. The third kappa shape index (κ3) is 17.7. The van der Waals surface area contributed by atoms with Gasteiger partial charge in [0.2, 0.25) is 0 Å². The Kier molecular flexibility index (Phi) is 22.4. The molecule has 4 aliphatic heterocycles. The quantitative estimate of drug-likeness (QED) is 0.0555. The van der Waals surface area contributed by atoms with Gasteiger partial charge in [-0.3, -0.25) is 19.2 Å². The van der Waals surface area contributed by atoms with Crippen LogP contribution in [-0.4, -0.2) is 96.8 Å². The molecule has 0 amide bonds. The summed E-state index contributed by atoms with van der Waals surface area (Å²) in [7, 11) is -13.0. The molecule has 4 aromatic rings. The zero-order valence-corrected chi connectivity index (χ0v) is 47.2. The number of hydrogen-bond donors (Lipinski definition) is 0. The molecule has 10 unspecified atom stereocenters. The zero-order chi connectivity index (χ0) is 53.6. The Morgan fingerprint density at radius 3 is 1.03 bits per heavy atom. The van der Waals surface area contributed by atoms with Crippen molar-refractivity contribution < 1.29 is 137 Å². The Bertz CT molecular complexity index is 2540. The Morgan fingerprint density at radius 2 is 0.776 bits per heavy atom.